The van der Waals surface area contributed by atoms with Gasteiger partial charge >= 0.3 is 0 Å². The van der Waals surface area contributed by atoms with E-state index in [4.69, 9.17) is 0 Å². The first kappa shape index (κ1) is 26.7. The third-order valence-electron chi connectivity index (χ3n) is 6.93. The minimum atomic E-state index is -3.70. The van der Waals surface area contributed by atoms with E-state index in [-0.39, 0.29) is 12.5 Å². The standard InChI is InChI=1S/C31H29N3O3S2/c1-19-17-20(2)22(4)29(21(19)3)39(36,37)32-18-23-9-11-24(12-10-23)30(35)33-26-15-13-25(14-16-26)31-34-27-7-5-6-8-28(27)38-31/h5-17,32H,18H2,1-4H3,(H,33,35). The molecular weight excluding hydrogens is 526 g/mol. The van der Waals surface area contributed by atoms with Crippen molar-refractivity contribution < 1.29 is 13.2 Å². The van der Waals surface area contributed by atoms with E-state index in [0.717, 1.165) is 48.6 Å². The summed E-state index contributed by atoms with van der Waals surface area (Å²) in [6.45, 7) is 7.63. The van der Waals surface area contributed by atoms with Crippen LogP contribution in [-0.2, 0) is 16.6 Å². The van der Waals surface area contributed by atoms with E-state index in [1.165, 1.54) is 0 Å². The predicted molar refractivity (Wildman–Crippen MR) is 159 cm³/mol. The Morgan fingerprint density at radius 2 is 1.49 bits per heavy atom. The molecule has 0 aliphatic rings. The van der Waals surface area contributed by atoms with Gasteiger partial charge in [0.2, 0.25) is 10.0 Å². The third kappa shape index (κ3) is 5.63. The summed E-state index contributed by atoms with van der Waals surface area (Å²) in [4.78, 5) is 17.8. The third-order valence-corrected chi connectivity index (χ3v) is 9.69. The van der Waals surface area contributed by atoms with Crippen LogP contribution in [0.25, 0.3) is 20.8 Å². The maximum atomic E-state index is 13.1. The molecule has 1 aromatic heterocycles. The minimum absolute atomic E-state index is 0.128. The first-order chi connectivity index (χ1) is 18.6. The number of sulfonamides is 1. The Morgan fingerprint density at radius 1 is 0.846 bits per heavy atom. The molecule has 198 valence electrons. The number of hydrogen-bond acceptors (Lipinski definition) is 5. The number of thiazole rings is 1. The molecule has 0 bridgehead atoms. The van der Waals surface area contributed by atoms with Gasteiger partial charge in [0.25, 0.3) is 5.91 Å². The highest BCUT2D eigenvalue weighted by Crippen LogP contribution is 2.31. The topological polar surface area (TPSA) is 88.2 Å². The molecule has 8 heteroatoms. The van der Waals surface area contributed by atoms with Crippen molar-refractivity contribution in [2.45, 2.75) is 39.1 Å². The molecule has 5 rings (SSSR count). The lowest BCUT2D eigenvalue weighted by Crippen LogP contribution is -2.25. The maximum Gasteiger partial charge on any atom is 0.255 e. The van der Waals surface area contributed by atoms with Crippen molar-refractivity contribution in [2.75, 3.05) is 5.32 Å². The number of nitrogens with zero attached hydrogens (tertiary/aromatic N) is 1. The molecule has 0 aliphatic carbocycles. The Morgan fingerprint density at radius 3 is 2.13 bits per heavy atom. The van der Waals surface area contributed by atoms with Crippen LogP contribution in [0.3, 0.4) is 0 Å². The zero-order valence-corrected chi connectivity index (χ0v) is 23.8. The number of fused-ring (bicyclic) bond motifs is 1. The number of rotatable bonds is 7. The van der Waals surface area contributed by atoms with Crippen LogP contribution in [0.5, 0.6) is 0 Å². The Hall–Kier alpha value is -3.85. The van der Waals surface area contributed by atoms with E-state index in [1.54, 1.807) is 35.6 Å². The number of aromatic nitrogens is 1. The van der Waals surface area contributed by atoms with Gasteiger partial charge in [-0.15, -0.1) is 11.3 Å². The fraction of sp³-hybridized carbons (Fsp3) is 0.161. The molecular formula is C31H29N3O3S2. The Labute approximate surface area is 232 Å². The molecule has 0 atom stereocenters. The van der Waals surface area contributed by atoms with E-state index in [9.17, 15) is 13.2 Å². The van der Waals surface area contributed by atoms with Crippen LogP contribution in [0.1, 0.15) is 38.2 Å². The predicted octanol–water partition coefficient (Wildman–Crippen LogP) is 6.93. The largest absolute Gasteiger partial charge is 0.322 e. The number of para-hydroxylation sites is 1. The van der Waals surface area contributed by atoms with Gasteiger partial charge in [-0.1, -0.05) is 30.3 Å². The van der Waals surface area contributed by atoms with Gasteiger partial charge in [0.1, 0.15) is 5.01 Å². The monoisotopic (exact) mass is 555 g/mol. The highest BCUT2D eigenvalue weighted by molar-refractivity contribution is 7.89. The summed E-state index contributed by atoms with van der Waals surface area (Å²) < 4.78 is 30.1. The van der Waals surface area contributed by atoms with Gasteiger partial charge < -0.3 is 5.32 Å². The van der Waals surface area contributed by atoms with E-state index in [2.05, 4.69) is 21.1 Å². The lowest BCUT2D eigenvalue weighted by atomic mass is 10.0. The van der Waals surface area contributed by atoms with Crippen LogP contribution in [0.2, 0.25) is 0 Å². The van der Waals surface area contributed by atoms with Crippen LogP contribution in [-0.4, -0.2) is 19.3 Å². The average Bonchev–Trinajstić information content (AvgIpc) is 3.36. The van der Waals surface area contributed by atoms with Gasteiger partial charge in [0, 0.05) is 23.4 Å². The van der Waals surface area contributed by atoms with E-state index < -0.39 is 10.0 Å². The molecule has 6 nitrogen and oxygen atoms in total. The first-order valence-electron chi connectivity index (χ1n) is 12.6. The number of amides is 1. The number of carbonyl (C=O) groups excluding carboxylic acids is 1. The second kappa shape index (κ2) is 10.7. The minimum Gasteiger partial charge on any atom is -0.322 e. The van der Waals surface area contributed by atoms with Crippen molar-refractivity contribution in [3.63, 3.8) is 0 Å². The molecule has 0 saturated heterocycles. The van der Waals surface area contributed by atoms with Crippen molar-refractivity contribution in [2.24, 2.45) is 0 Å². The molecule has 1 heterocycles. The molecule has 4 aromatic carbocycles. The fourth-order valence-corrected chi connectivity index (χ4v) is 7.10. The van der Waals surface area contributed by atoms with Gasteiger partial charge in [-0.2, -0.15) is 0 Å². The van der Waals surface area contributed by atoms with Gasteiger partial charge in [-0.25, -0.2) is 18.1 Å². The van der Waals surface area contributed by atoms with Crippen molar-refractivity contribution >= 4 is 43.2 Å². The summed E-state index contributed by atoms with van der Waals surface area (Å²) in [7, 11) is -3.70. The number of carbonyl (C=O) groups is 1. The maximum absolute atomic E-state index is 13.1. The van der Waals surface area contributed by atoms with Gasteiger partial charge in [0.15, 0.2) is 0 Å². The average molecular weight is 556 g/mol. The van der Waals surface area contributed by atoms with Gasteiger partial charge in [0.05, 0.1) is 15.1 Å². The van der Waals surface area contributed by atoms with Crippen molar-refractivity contribution in [3.05, 3.63) is 112 Å². The summed E-state index contributed by atoms with van der Waals surface area (Å²) in [5.74, 6) is -0.239. The van der Waals surface area contributed by atoms with Crippen LogP contribution < -0.4 is 10.0 Å². The number of aryl methyl sites for hydroxylation is 2. The highest BCUT2D eigenvalue weighted by atomic mass is 32.2. The zero-order chi connectivity index (χ0) is 27.7. The second-order valence-electron chi connectivity index (χ2n) is 9.63. The summed E-state index contributed by atoms with van der Waals surface area (Å²) in [6, 6.07) is 24.6. The van der Waals surface area contributed by atoms with Crippen LogP contribution in [0.4, 0.5) is 5.69 Å². The lowest BCUT2D eigenvalue weighted by Gasteiger charge is -2.16. The smallest absolute Gasteiger partial charge is 0.255 e. The summed E-state index contributed by atoms with van der Waals surface area (Å²) >= 11 is 1.63. The summed E-state index contributed by atoms with van der Waals surface area (Å²) in [6.07, 6.45) is 0. The van der Waals surface area contributed by atoms with E-state index >= 15 is 0 Å². The number of hydrogen-bond donors (Lipinski definition) is 2. The van der Waals surface area contributed by atoms with Crippen molar-refractivity contribution in [3.8, 4) is 10.6 Å². The Bertz CT molecular complexity index is 1730. The van der Waals surface area contributed by atoms with E-state index in [1.807, 2.05) is 76.2 Å². The first-order valence-corrected chi connectivity index (χ1v) is 14.9. The van der Waals surface area contributed by atoms with Crippen LogP contribution in [0.15, 0.2) is 83.8 Å². The molecule has 1 amide bonds. The number of anilines is 1. The van der Waals surface area contributed by atoms with Crippen molar-refractivity contribution in [1.29, 1.82) is 0 Å². The van der Waals surface area contributed by atoms with Gasteiger partial charge in [-0.05, 0) is 104 Å². The number of nitrogens with one attached hydrogen (secondary N) is 2. The molecule has 0 spiro atoms. The Balaban J connectivity index is 1.23. The van der Waals surface area contributed by atoms with Crippen LogP contribution >= 0.6 is 11.3 Å². The zero-order valence-electron chi connectivity index (χ0n) is 22.2. The fourth-order valence-electron chi connectivity index (χ4n) is 4.50. The molecule has 39 heavy (non-hydrogen) atoms. The molecule has 0 aliphatic heterocycles. The highest BCUT2D eigenvalue weighted by Gasteiger charge is 2.22. The summed E-state index contributed by atoms with van der Waals surface area (Å²) in [5.41, 5.74) is 7.29. The van der Waals surface area contributed by atoms with Gasteiger partial charge in [-0.3, -0.25) is 4.79 Å². The van der Waals surface area contributed by atoms with E-state index in [0.29, 0.717) is 16.1 Å². The normalized spacial score (nSPS) is 11.6. The lowest BCUT2D eigenvalue weighted by molar-refractivity contribution is 0.102. The molecule has 2 N–H and O–H groups in total. The quantitative estimate of drug-likeness (QED) is 0.228. The van der Waals surface area contributed by atoms with Crippen molar-refractivity contribution in [1.82, 2.24) is 9.71 Å². The summed E-state index contributed by atoms with van der Waals surface area (Å²) in [5, 5.41) is 3.85. The molecule has 0 unspecified atom stereocenters. The molecule has 0 fully saturated rings. The molecule has 0 radical (unpaired) electrons. The number of benzene rings is 4. The van der Waals surface area contributed by atoms with Crippen LogP contribution in [0, 0.1) is 27.7 Å². The molecule has 5 aromatic rings. The second-order valence-corrected chi connectivity index (χ2v) is 12.4. The molecule has 0 saturated carbocycles. The Kier molecular flexibility index (Phi) is 7.36. The SMILES string of the molecule is Cc1cc(C)c(C)c(S(=O)(=O)NCc2ccc(C(=O)Nc3ccc(-c4nc5ccccc5s4)cc3)cc2)c1C.